The van der Waals surface area contributed by atoms with Crippen LogP contribution in [0.2, 0.25) is 0 Å². The number of benzene rings is 3. The Bertz CT molecular complexity index is 1070. The Morgan fingerprint density at radius 3 is 2.14 bits per heavy atom. The van der Waals surface area contributed by atoms with E-state index < -0.39 is 0 Å². The molecule has 0 saturated carbocycles. The van der Waals surface area contributed by atoms with Crippen LogP contribution in [-0.2, 0) is 0 Å². The Morgan fingerprint density at radius 1 is 0.750 bits per heavy atom. The van der Waals surface area contributed by atoms with Crippen molar-refractivity contribution in [2.45, 2.75) is 26.7 Å². The lowest BCUT2D eigenvalue weighted by atomic mass is 10.0. The van der Waals surface area contributed by atoms with Gasteiger partial charge in [0.15, 0.2) is 0 Å². The van der Waals surface area contributed by atoms with Crippen LogP contribution in [0.5, 0.6) is 5.75 Å². The van der Waals surface area contributed by atoms with Gasteiger partial charge in [0.2, 0.25) is 0 Å². The van der Waals surface area contributed by atoms with Crippen molar-refractivity contribution < 1.29 is 4.74 Å². The van der Waals surface area contributed by atoms with Gasteiger partial charge in [0, 0.05) is 10.9 Å². The zero-order chi connectivity index (χ0) is 19.3. The first kappa shape index (κ1) is 18.2. The van der Waals surface area contributed by atoms with Gasteiger partial charge in [-0.3, -0.25) is 0 Å². The van der Waals surface area contributed by atoms with E-state index in [-0.39, 0.29) is 0 Å². The summed E-state index contributed by atoms with van der Waals surface area (Å²) in [5.74, 6) is 0.935. The van der Waals surface area contributed by atoms with Crippen LogP contribution in [-0.4, -0.2) is 11.6 Å². The van der Waals surface area contributed by atoms with Crippen LogP contribution in [0.25, 0.3) is 33.3 Å². The predicted octanol–water partition coefficient (Wildman–Crippen LogP) is 7.06. The molecule has 0 atom stereocenters. The highest BCUT2D eigenvalue weighted by molar-refractivity contribution is 5.82. The summed E-state index contributed by atoms with van der Waals surface area (Å²) in [5, 5.41) is 1.18. The van der Waals surface area contributed by atoms with Crippen molar-refractivity contribution in [2.24, 2.45) is 0 Å². The fraction of sp³-hybridized carbons (Fsp3) is 0.192. The molecule has 2 heteroatoms. The van der Waals surface area contributed by atoms with Crippen molar-refractivity contribution in [3.8, 4) is 28.1 Å². The molecular formula is C26H25NO. The summed E-state index contributed by atoms with van der Waals surface area (Å²) in [5.41, 5.74) is 6.81. The van der Waals surface area contributed by atoms with Crippen molar-refractivity contribution in [2.75, 3.05) is 6.61 Å². The highest BCUT2D eigenvalue weighted by atomic mass is 16.5. The number of fused-ring (bicyclic) bond motifs is 1. The van der Waals surface area contributed by atoms with Gasteiger partial charge in [-0.15, -0.1) is 0 Å². The molecule has 28 heavy (non-hydrogen) atoms. The molecule has 0 radical (unpaired) electrons. The first-order valence-corrected chi connectivity index (χ1v) is 9.94. The van der Waals surface area contributed by atoms with Crippen molar-refractivity contribution in [3.05, 3.63) is 84.4 Å². The van der Waals surface area contributed by atoms with Gasteiger partial charge in [-0.2, -0.15) is 0 Å². The first-order valence-electron chi connectivity index (χ1n) is 9.94. The molecule has 0 aliphatic heterocycles. The molecule has 0 fully saturated rings. The number of hydrogen-bond donors (Lipinski definition) is 0. The Kier molecular flexibility index (Phi) is 5.38. The molecule has 0 aliphatic rings. The molecule has 0 bridgehead atoms. The summed E-state index contributed by atoms with van der Waals surface area (Å²) in [6.07, 6.45) is 2.24. The second-order valence-corrected chi connectivity index (χ2v) is 7.20. The highest BCUT2D eigenvalue weighted by Crippen LogP contribution is 2.27. The van der Waals surface area contributed by atoms with Crippen molar-refractivity contribution >= 4 is 10.9 Å². The van der Waals surface area contributed by atoms with E-state index >= 15 is 0 Å². The molecule has 0 N–H and O–H groups in total. The number of hydrogen-bond acceptors (Lipinski definition) is 2. The van der Waals surface area contributed by atoms with Gasteiger partial charge in [0.1, 0.15) is 5.75 Å². The van der Waals surface area contributed by atoms with Gasteiger partial charge in [-0.25, -0.2) is 4.98 Å². The number of unbranched alkanes of at least 4 members (excludes halogenated alkanes) is 1. The maximum absolute atomic E-state index is 5.75. The molecule has 140 valence electrons. The second kappa shape index (κ2) is 8.26. The van der Waals surface area contributed by atoms with Crippen LogP contribution in [0.3, 0.4) is 0 Å². The van der Waals surface area contributed by atoms with Gasteiger partial charge in [0.05, 0.1) is 17.8 Å². The molecule has 0 spiro atoms. The van der Waals surface area contributed by atoms with E-state index in [1.165, 1.54) is 22.1 Å². The Morgan fingerprint density at radius 2 is 1.43 bits per heavy atom. The van der Waals surface area contributed by atoms with Crippen LogP contribution < -0.4 is 4.74 Å². The summed E-state index contributed by atoms with van der Waals surface area (Å²) in [6.45, 7) is 5.06. The third-order valence-electron chi connectivity index (χ3n) is 4.98. The molecule has 2 nitrogen and oxygen atoms in total. The van der Waals surface area contributed by atoms with E-state index in [4.69, 9.17) is 9.72 Å². The fourth-order valence-corrected chi connectivity index (χ4v) is 3.32. The third-order valence-corrected chi connectivity index (χ3v) is 4.98. The average Bonchev–Trinajstić information content (AvgIpc) is 2.74. The molecule has 0 aliphatic carbocycles. The molecule has 4 aromatic rings. The SMILES string of the molecule is CCCCOc1ccc(-c2ccc(-c3ccc4cc(C)ccc4n3)cc2)cc1. The normalized spacial score (nSPS) is 10.9. The lowest BCUT2D eigenvalue weighted by Gasteiger charge is -2.08. The second-order valence-electron chi connectivity index (χ2n) is 7.20. The largest absolute Gasteiger partial charge is 0.494 e. The summed E-state index contributed by atoms with van der Waals surface area (Å²) in [6, 6.07) is 27.5. The molecule has 3 aromatic carbocycles. The number of nitrogens with zero attached hydrogens (tertiary/aromatic N) is 1. The minimum absolute atomic E-state index is 0.781. The third kappa shape index (κ3) is 4.07. The van der Waals surface area contributed by atoms with E-state index in [2.05, 4.69) is 80.6 Å². The molecule has 0 saturated heterocycles. The van der Waals surface area contributed by atoms with E-state index in [9.17, 15) is 0 Å². The molecular weight excluding hydrogens is 342 g/mol. The van der Waals surface area contributed by atoms with E-state index in [1.54, 1.807) is 0 Å². The fourth-order valence-electron chi connectivity index (χ4n) is 3.32. The summed E-state index contributed by atoms with van der Waals surface area (Å²) < 4.78 is 5.75. The number of aromatic nitrogens is 1. The standard InChI is InChI=1S/C26H25NO/c1-3-4-17-28-24-13-10-21(11-14-24)20-6-8-22(9-7-20)25-16-12-23-18-19(2)5-15-26(23)27-25/h5-16,18H,3-4,17H2,1-2H3. The molecule has 0 amide bonds. The Balaban J connectivity index is 1.53. The van der Waals surface area contributed by atoms with Gasteiger partial charge < -0.3 is 4.74 Å². The van der Waals surface area contributed by atoms with Crippen molar-refractivity contribution in [1.82, 2.24) is 4.98 Å². The zero-order valence-corrected chi connectivity index (χ0v) is 16.5. The minimum Gasteiger partial charge on any atom is -0.494 e. The number of pyridine rings is 1. The van der Waals surface area contributed by atoms with E-state index in [0.717, 1.165) is 42.0 Å². The van der Waals surface area contributed by atoms with Crippen LogP contribution in [0.1, 0.15) is 25.3 Å². The molecule has 1 aromatic heterocycles. The van der Waals surface area contributed by atoms with Crippen LogP contribution >= 0.6 is 0 Å². The van der Waals surface area contributed by atoms with Gasteiger partial charge >= 0.3 is 0 Å². The smallest absolute Gasteiger partial charge is 0.119 e. The summed E-state index contributed by atoms with van der Waals surface area (Å²) in [7, 11) is 0. The Hall–Kier alpha value is -3.13. The van der Waals surface area contributed by atoms with Gasteiger partial charge in [-0.05, 0) is 54.8 Å². The molecule has 0 unspecified atom stereocenters. The number of ether oxygens (including phenoxy) is 1. The maximum Gasteiger partial charge on any atom is 0.119 e. The summed E-state index contributed by atoms with van der Waals surface area (Å²) >= 11 is 0. The van der Waals surface area contributed by atoms with Crippen LogP contribution in [0.15, 0.2) is 78.9 Å². The molecule has 4 rings (SSSR count). The highest BCUT2D eigenvalue weighted by Gasteiger charge is 2.04. The maximum atomic E-state index is 5.75. The minimum atomic E-state index is 0.781. The van der Waals surface area contributed by atoms with E-state index in [0.29, 0.717) is 0 Å². The van der Waals surface area contributed by atoms with Crippen molar-refractivity contribution in [3.63, 3.8) is 0 Å². The number of rotatable bonds is 6. The zero-order valence-electron chi connectivity index (χ0n) is 16.5. The topological polar surface area (TPSA) is 22.1 Å². The quantitative estimate of drug-likeness (QED) is 0.340. The number of aryl methyl sites for hydroxylation is 1. The predicted molar refractivity (Wildman–Crippen MR) is 118 cm³/mol. The average molecular weight is 367 g/mol. The Labute approximate surface area is 166 Å². The van der Waals surface area contributed by atoms with E-state index in [1.807, 2.05) is 12.1 Å². The van der Waals surface area contributed by atoms with Crippen LogP contribution in [0.4, 0.5) is 0 Å². The first-order chi connectivity index (χ1) is 13.7. The van der Waals surface area contributed by atoms with Gasteiger partial charge in [0.25, 0.3) is 0 Å². The summed E-state index contributed by atoms with van der Waals surface area (Å²) in [4.78, 5) is 4.82. The van der Waals surface area contributed by atoms with Gasteiger partial charge in [-0.1, -0.05) is 67.4 Å². The lowest BCUT2D eigenvalue weighted by molar-refractivity contribution is 0.309. The monoisotopic (exact) mass is 367 g/mol. The van der Waals surface area contributed by atoms with Crippen LogP contribution in [0, 0.1) is 6.92 Å². The molecule has 1 heterocycles. The van der Waals surface area contributed by atoms with Crippen molar-refractivity contribution in [1.29, 1.82) is 0 Å². The lowest BCUT2D eigenvalue weighted by Crippen LogP contribution is -1.95.